The third-order valence-electron chi connectivity index (χ3n) is 2.61. The first-order valence-corrected chi connectivity index (χ1v) is 7.37. The second-order valence-corrected chi connectivity index (χ2v) is 5.95. The second-order valence-electron chi connectivity index (χ2n) is 4.01. The zero-order valence-electron chi connectivity index (χ0n) is 10.0. The summed E-state index contributed by atoms with van der Waals surface area (Å²) in [5, 5.41) is 2.70. The van der Waals surface area contributed by atoms with Crippen LogP contribution in [0.4, 0.5) is 10.1 Å². The summed E-state index contributed by atoms with van der Waals surface area (Å²) in [5.41, 5.74) is 2.03. The first-order valence-electron chi connectivity index (χ1n) is 5.50. The number of rotatable bonds is 2. The molecule has 98 valence electrons. The smallest absolute Gasteiger partial charge is 0.256 e. The number of anilines is 1. The van der Waals surface area contributed by atoms with Crippen molar-refractivity contribution in [3.05, 3.63) is 61.4 Å². The molecule has 0 saturated heterocycles. The highest BCUT2D eigenvalue weighted by atomic mass is 127. The van der Waals surface area contributed by atoms with E-state index in [0.29, 0.717) is 15.7 Å². The first kappa shape index (κ1) is 14.5. The van der Waals surface area contributed by atoms with E-state index in [0.717, 1.165) is 9.13 Å². The van der Waals surface area contributed by atoms with Gasteiger partial charge in [0.15, 0.2) is 0 Å². The van der Waals surface area contributed by atoms with Crippen molar-refractivity contribution in [2.45, 2.75) is 6.92 Å². The topological polar surface area (TPSA) is 29.1 Å². The largest absolute Gasteiger partial charge is 0.321 e. The molecule has 0 spiro atoms. The molecule has 0 atom stereocenters. The Morgan fingerprint density at radius 3 is 2.79 bits per heavy atom. The van der Waals surface area contributed by atoms with Crippen LogP contribution in [0.15, 0.2) is 40.9 Å². The summed E-state index contributed by atoms with van der Waals surface area (Å²) in [7, 11) is 0. The molecule has 0 heterocycles. The van der Waals surface area contributed by atoms with Gasteiger partial charge in [0.25, 0.3) is 5.91 Å². The maximum absolute atomic E-state index is 13.2. The van der Waals surface area contributed by atoms with E-state index in [1.54, 1.807) is 12.1 Å². The lowest BCUT2D eigenvalue weighted by Gasteiger charge is -2.10. The van der Waals surface area contributed by atoms with Crippen molar-refractivity contribution >= 4 is 50.1 Å². The van der Waals surface area contributed by atoms with Crippen LogP contribution in [0.1, 0.15) is 15.9 Å². The summed E-state index contributed by atoms with van der Waals surface area (Å²) in [6.45, 7) is 1.94. The van der Waals surface area contributed by atoms with Crippen LogP contribution < -0.4 is 5.32 Å². The number of aryl methyl sites for hydroxylation is 1. The minimum absolute atomic E-state index is 0.251. The molecule has 1 N–H and O–H groups in total. The van der Waals surface area contributed by atoms with Crippen LogP contribution >= 0.6 is 38.5 Å². The van der Waals surface area contributed by atoms with E-state index in [2.05, 4.69) is 43.8 Å². The fraction of sp³-hybridized carbons (Fsp3) is 0.0714. The summed E-state index contributed by atoms with van der Waals surface area (Å²) >= 11 is 5.41. The van der Waals surface area contributed by atoms with Crippen molar-refractivity contribution < 1.29 is 9.18 Å². The van der Waals surface area contributed by atoms with Crippen molar-refractivity contribution in [2.75, 3.05) is 5.32 Å². The van der Waals surface area contributed by atoms with E-state index in [-0.39, 0.29) is 5.91 Å². The Hall–Kier alpha value is -0.950. The zero-order valence-corrected chi connectivity index (χ0v) is 13.7. The van der Waals surface area contributed by atoms with E-state index < -0.39 is 5.82 Å². The Bertz CT molecular complexity index is 645. The minimum atomic E-state index is -0.391. The Kier molecular flexibility index (Phi) is 4.57. The predicted molar refractivity (Wildman–Crippen MR) is 85.9 cm³/mol. The van der Waals surface area contributed by atoms with Gasteiger partial charge in [0.05, 0.1) is 11.3 Å². The Morgan fingerprint density at radius 2 is 2.05 bits per heavy atom. The van der Waals surface area contributed by atoms with Crippen LogP contribution in [0, 0.1) is 16.3 Å². The van der Waals surface area contributed by atoms with Gasteiger partial charge < -0.3 is 5.32 Å². The average molecular weight is 434 g/mol. The van der Waals surface area contributed by atoms with Crippen molar-refractivity contribution in [2.24, 2.45) is 0 Å². The highest BCUT2D eigenvalue weighted by Crippen LogP contribution is 2.25. The number of hydrogen-bond acceptors (Lipinski definition) is 1. The third kappa shape index (κ3) is 3.33. The molecule has 0 aliphatic rings. The van der Waals surface area contributed by atoms with E-state index >= 15 is 0 Å². The maximum atomic E-state index is 13.2. The summed E-state index contributed by atoms with van der Waals surface area (Å²) in [5.74, 6) is -0.642. The monoisotopic (exact) mass is 433 g/mol. The van der Waals surface area contributed by atoms with Gasteiger partial charge in [0, 0.05) is 8.04 Å². The van der Waals surface area contributed by atoms with Crippen molar-refractivity contribution in [1.82, 2.24) is 0 Å². The number of amides is 1. The van der Waals surface area contributed by atoms with Gasteiger partial charge in [0.1, 0.15) is 5.82 Å². The fourth-order valence-corrected chi connectivity index (χ4v) is 2.56. The molecule has 0 fully saturated rings. The third-order valence-corrected chi connectivity index (χ3v) is 4.74. The number of benzene rings is 2. The lowest BCUT2D eigenvalue weighted by molar-refractivity contribution is 0.102. The van der Waals surface area contributed by atoms with Gasteiger partial charge in [-0.05, 0) is 75.3 Å². The number of carbonyl (C=O) groups is 1. The predicted octanol–water partition coefficient (Wildman–Crippen LogP) is 4.75. The summed E-state index contributed by atoms with van der Waals surface area (Å²) in [6.07, 6.45) is 0. The van der Waals surface area contributed by atoms with Crippen LogP contribution in [0.5, 0.6) is 0 Å². The number of hydrogen-bond donors (Lipinski definition) is 1. The summed E-state index contributed by atoms with van der Waals surface area (Å²) in [4.78, 5) is 12.2. The second kappa shape index (κ2) is 6.00. The number of carbonyl (C=O) groups excluding carboxylic acids is 1. The molecule has 0 aromatic heterocycles. The minimum Gasteiger partial charge on any atom is -0.321 e. The fourth-order valence-electron chi connectivity index (χ4n) is 1.61. The van der Waals surface area contributed by atoms with Crippen molar-refractivity contribution in [3.8, 4) is 0 Å². The molecule has 0 aliphatic carbocycles. The van der Waals surface area contributed by atoms with Gasteiger partial charge in [0.2, 0.25) is 0 Å². The number of halogens is 3. The molecule has 0 radical (unpaired) electrons. The summed E-state index contributed by atoms with van der Waals surface area (Å²) < 4.78 is 14.7. The van der Waals surface area contributed by atoms with Gasteiger partial charge in [-0.2, -0.15) is 0 Å². The van der Waals surface area contributed by atoms with E-state index in [4.69, 9.17) is 0 Å². The van der Waals surface area contributed by atoms with Crippen LogP contribution in [0.2, 0.25) is 0 Å². The lowest BCUT2D eigenvalue weighted by atomic mass is 10.1. The lowest BCUT2D eigenvalue weighted by Crippen LogP contribution is -2.14. The summed E-state index contributed by atoms with van der Waals surface area (Å²) in [6, 6.07) is 9.69. The quantitative estimate of drug-likeness (QED) is 0.680. The molecular weight excluding hydrogens is 424 g/mol. The molecule has 2 aromatic carbocycles. The normalized spacial score (nSPS) is 10.3. The van der Waals surface area contributed by atoms with Gasteiger partial charge in [-0.1, -0.05) is 12.1 Å². The first-order chi connectivity index (χ1) is 8.99. The molecular formula is C14H10BrFINO. The molecule has 2 rings (SSSR count). The Labute approximate surface area is 132 Å². The van der Waals surface area contributed by atoms with Crippen LogP contribution in [0.3, 0.4) is 0 Å². The molecule has 1 amide bonds. The standard InChI is InChI=1S/C14H10BrFINO/c1-8-3-2-4-10(13(8)17)14(19)18-12-7-9(16)5-6-11(12)15/h2-7H,1H3,(H,18,19). The van der Waals surface area contributed by atoms with E-state index in [1.165, 1.54) is 12.1 Å². The molecule has 2 aromatic rings. The van der Waals surface area contributed by atoms with Gasteiger partial charge in [-0.3, -0.25) is 4.79 Å². The van der Waals surface area contributed by atoms with E-state index in [9.17, 15) is 9.18 Å². The van der Waals surface area contributed by atoms with Crippen LogP contribution in [-0.2, 0) is 0 Å². The van der Waals surface area contributed by atoms with Gasteiger partial charge >= 0.3 is 0 Å². The van der Waals surface area contributed by atoms with Gasteiger partial charge in [-0.15, -0.1) is 0 Å². The molecule has 0 bridgehead atoms. The Morgan fingerprint density at radius 1 is 1.32 bits per heavy atom. The van der Waals surface area contributed by atoms with E-state index in [1.807, 2.05) is 19.1 Å². The highest BCUT2D eigenvalue weighted by molar-refractivity contribution is 14.1. The van der Waals surface area contributed by atoms with Crippen LogP contribution in [-0.4, -0.2) is 5.91 Å². The molecule has 0 unspecified atom stereocenters. The van der Waals surface area contributed by atoms with Crippen molar-refractivity contribution in [3.63, 3.8) is 0 Å². The molecule has 5 heteroatoms. The van der Waals surface area contributed by atoms with Crippen molar-refractivity contribution in [1.29, 1.82) is 0 Å². The highest BCUT2D eigenvalue weighted by Gasteiger charge is 2.13. The molecule has 0 saturated carbocycles. The molecule has 2 nitrogen and oxygen atoms in total. The molecule has 0 aliphatic heterocycles. The molecule has 19 heavy (non-hydrogen) atoms. The average Bonchev–Trinajstić information content (AvgIpc) is 2.37. The number of nitrogens with one attached hydrogen (secondary N) is 1. The maximum Gasteiger partial charge on any atom is 0.256 e. The van der Waals surface area contributed by atoms with Crippen LogP contribution in [0.25, 0.3) is 0 Å². The van der Waals surface area contributed by atoms with Gasteiger partial charge in [-0.25, -0.2) is 4.39 Å². The SMILES string of the molecule is Cc1cccc(C(=O)Nc2cc(F)ccc2Br)c1I. The Balaban J connectivity index is 2.31. The zero-order chi connectivity index (χ0) is 14.0.